The Labute approximate surface area is 131 Å². The second kappa shape index (κ2) is 6.58. The van der Waals surface area contributed by atoms with Crippen LogP contribution in [-0.2, 0) is 18.4 Å². The normalized spacial score (nSPS) is 11.7. The number of benzene rings is 1. The van der Waals surface area contributed by atoms with E-state index in [2.05, 4.69) is 39.8 Å². The Hall–Kier alpha value is -1.39. The summed E-state index contributed by atoms with van der Waals surface area (Å²) < 4.78 is 5.77. The molecule has 3 nitrogen and oxygen atoms in total. The summed E-state index contributed by atoms with van der Waals surface area (Å²) in [7, 11) is 0. The van der Waals surface area contributed by atoms with Crippen LogP contribution < -0.4 is 10.5 Å². The van der Waals surface area contributed by atoms with Crippen LogP contribution in [0.1, 0.15) is 41.9 Å². The van der Waals surface area contributed by atoms with Gasteiger partial charge < -0.3 is 10.5 Å². The van der Waals surface area contributed by atoms with E-state index in [0.29, 0.717) is 13.2 Å². The third-order valence-electron chi connectivity index (χ3n) is 3.24. The summed E-state index contributed by atoms with van der Waals surface area (Å²) >= 11 is 1.71. The van der Waals surface area contributed by atoms with Gasteiger partial charge in [0.05, 0.1) is 17.3 Å². The summed E-state index contributed by atoms with van der Waals surface area (Å²) in [5.41, 5.74) is 8.24. The molecule has 0 unspecified atom stereocenters. The fourth-order valence-electron chi connectivity index (χ4n) is 2.12. The zero-order chi connectivity index (χ0) is 15.5. The molecule has 4 heteroatoms. The highest BCUT2D eigenvalue weighted by atomic mass is 32.1. The number of hydrogen-bond acceptors (Lipinski definition) is 4. The summed E-state index contributed by atoms with van der Waals surface area (Å²) in [6.45, 7) is 9.80. The highest BCUT2D eigenvalue weighted by Crippen LogP contribution is 2.29. The van der Waals surface area contributed by atoms with Crippen molar-refractivity contribution in [3.8, 4) is 5.75 Å². The van der Waals surface area contributed by atoms with Gasteiger partial charge in [-0.15, -0.1) is 11.3 Å². The second-order valence-corrected chi connectivity index (χ2v) is 7.41. The highest BCUT2D eigenvalue weighted by molar-refractivity contribution is 7.11. The maximum atomic E-state index is 5.83. The van der Waals surface area contributed by atoms with E-state index in [9.17, 15) is 0 Å². The summed E-state index contributed by atoms with van der Waals surface area (Å²) in [6, 6.07) is 8.12. The van der Waals surface area contributed by atoms with E-state index < -0.39 is 0 Å². The molecule has 0 fully saturated rings. The molecule has 0 saturated carbocycles. The molecule has 21 heavy (non-hydrogen) atoms. The number of aryl methyl sites for hydroxylation is 1. The molecule has 0 aliphatic heterocycles. The van der Waals surface area contributed by atoms with Crippen LogP contribution in [0, 0.1) is 6.92 Å². The van der Waals surface area contributed by atoms with Crippen LogP contribution in [0.15, 0.2) is 24.3 Å². The zero-order valence-electron chi connectivity index (χ0n) is 13.3. The predicted octanol–water partition coefficient (Wildman–Crippen LogP) is 3.83. The number of nitrogens with two attached hydrogens (primary N) is 1. The number of rotatable bonds is 5. The zero-order valence-corrected chi connectivity index (χ0v) is 14.1. The Bertz CT molecular complexity index is 582. The number of nitrogens with zero attached hydrogens (tertiary/aromatic N) is 1. The molecule has 0 radical (unpaired) electrons. The van der Waals surface area contributed by atoms with Crippen molar-refractivity contribution in [3.63, 3.8) is 0 Å². The average Bonchev–Trinajstić information content (AvgIpc) is 2.84. The lowest BCUT2D eigenvalue weighted by atomic mass is 9.91. The van der Waals surface area contributed by atoms with Gasteiger partial charge in [-0.25, -0.2) is 4.98 Å². The van der Waals surface area contributed by atoms with Crippen LogP contribution in [0.4, 0.5) is 0 Å². The number of hydrogen-bond donors (Lipinski definition) is 1. The van der Waals surface area contributed by atoms with Crippen LogP contribution in [-0.4, -0.2) is 11.6 Å². The van der Waals surface area contributed by atoms with Gasteiger partial charge in [-0.3, -0.25) is 0 Å². The number of thiazole rings is 1. The Morgan fingerprint density at radius 1 is 1.19 bits per heavy atom. The third kappa shape index (κ3) is 4.29. The molecule has 114 valence electrons. The molecular weight excluding hydrogens is 280 g/mol. The van der Waals surface area contributed by atoms with Crippen molar-refractivity contribution in [1.82, 2.24) is 4.98 Å². The summed E-state index contributed by atoms with van der Waals surface area (Å²) in [5.74, 6) is 0.909. The van der Waals surface area contributed by atoms with E-state index in [0.717, 1.165) is 22.9 Å². The van der Waals surface area contributed by atoms with Gasteiger partial charge in [0.25, 0.3) is 0 Å². The fraction of sp³-hybridized carbons (Fsp3) is 0.471. The first-order valence-corrected chi connectivity index (χ1v) is 8.10. The van der Waals surface area contributed by atoms with Crippen LogP contribution in [0.3, 0.4) is 0 Å². The highest BCUT2D eigenvalue weighted by Gasteiger charge is 2.22. The Kier molecular flexibility index (Phi) is 5.01. The summed E-state index contributed by atoms with van der Waals surface area (Å²) in [4.78, 5) is 5.94. The van der Waals surface area contributed by atoms with Crippen molar-refractivity contribution in [2.75, 3.05) is 6.61 Å². The van der Waals surface area contributed by atoms with E-state index in [-0.39, 0.29) is 5.41 Å². The van der Waals surface area contributed by atoms with Gasteiger partial charge in [-0.2, -0.15) is 0 Å². The van der Waals surface area contributed by atoms with Gasteiger partial charge in [0.15, 0.2) is 0 Å². The molecule has 2 N–H and O–H groups in total. The Morgan fingerprint density at radius 3 is 2.38 bits per heavy atom. The molecule has 0 aliphatic carbocycles. The first-order valence-electron chi connectivity index (χ1n) is 7.28. The smallest absolute Gasteiger partial charge is 0.119 e. The minimum atomic E-state index is 0.0429. The topological polar surface area (TPSA) is 48.1 Å². The molecule has 1 heterocycles. The van der Waals surface area contributed by atoms with E-state index in [1.165, 1.54) is 10.4 Å². The van der Waals surface area contributed by atoms with Crippen molar-refractivity contribution in [3.05, 3.63) is 45.4 Å². The lowest BCUT2D eigenvalue weighted by Crippen LogP contribution is -2.15. The molecule has 1 aromatic heterocycles. The predicted molar refractivity (Wildman–Crippen MR) is 89.1 cm³/mol. The molecule has 0 atom stereocenters. The molecule has 2 aromatic rings. The largest absolute Gasteiger partial charge is 0.493 e. The quantitative estimate of drug-likeness (QED) is 0.913. The van der Waals surface area contributed by atoms with Crippen molar-refractivity contribution < 1.29 is 4.74 Å². The average molecular weight is 304 g/mol. The molecule has 0 spiro atoms. The monoisotopic (exact) mass is 304 g/mol. The van der Waals surface area contributed by atoms with E-state index >= 15 is 0 Å². The minimum Gasteiger partial charge on any atom is -0.493 e. The van der Waals surface area contributed by atoms with Gasteiger partial charge in [0, 0.05) is 23.3 Å². The summed E-state index contributed by atoms with van der Waals surface area (Å²) in [6.07, 6.45) is 0.821. The van der Waals surface area contributed by atoms with Gasteiger partial charge >= 0.3 is 0 Å². The van der Waals surface area contributed by atoms with Crippen LogP contribution >= 0.6 is 11.3 Å². The molecule has 1 aromatic carbocycles. The minimum absolute atomic E-state index is 0.0429. The molecule has 0 aliphatic rings. The van der Waals surface area contributed by atoms with Gasteiger partial charge in [-0.1, -0.05) is 38.5 Å². The molecular formula is C17H24N2OS. The Morgan fingerprint density at radius 2 is 1.86 bits per heavy atom. The van der Waals surface area contributed by atoms with Crippen molar-refractivity contribution in [2.24, 2.45) is 5.73 Å². The van der Waals surface area contributed by atoms with Crippen molar-refractivity contribution in [2.45, 2.75) is 46.1 Å². The first-order chi connectivity index (χ1) is 9.90. The maximum absolute atomic E-state index is 5.83. The van der Waals surface area contributed by atoms with Crippen molar-refractivity contribution >= 4 is 11.3 Å². The maximum Gasteiger partial charge on any atom is 0.119 e. The van der Waals surface area contributed by atoms with Gasteiger partial charge in [0.1, 0.15) is 5.75 Å². The second-order valence-electron chi connectivity index (χ2n) is 6.25. The van der Waals surface area contributed by atoms with E-state index in [1.807, 2.05) is 12.1 Å². The van der Waals surface area contributed by atoms with Crippen molar-refractivity contribution in [1.29, 1.82) is 0 Å². The molecule has 0 amide bonds. The van der Waals surface area contributed by atoms with Gasteiger partial charge in [-0.05, 0) is 19.1 Å². The van der Waals surface area contributed by atoms with Crippen LogP contribution in [0.2, 0.25) is 0 Å². The molecule has 0 bridgehead atoms. The first kappa shape index (κ1) is 16.0. The number of aromatic nitrogens is 1. The number of ether oxygens (including phenoxy) is 1. The SMILES string of the molecule is Cc1ccc(OCCc2nc(C(C)(C)C)c(CN)s2)cc1. The van der Waals surface area contributed by atoms with Crippen LogP contribution in [0.5, 0.6) is 5.75 Å². The van der Waals surface area contributed by atoms with E-state index in [1.54, 1.807) is 11.3 Å². The standard InChI is InChI=1S/C17H24N2OS/c1-12-5-7-13(8-6-12)20-10-9-15-19-16(17(2,3)4)14(11-18)21-15/h5-8H,9-11,18H2,1-4H3. The third-order valence-corrected chi connectivity index (χ3v) is 4.38. The lowest BCUT2D eigenvalue weighted by Gasteiger charge is -2.16. The van der Waals surface area contributed by atoms with Gasteiger partial charge in [0.2, 0.25) is 0 Å². The van der Waals surface area contributed by atoms with Crippen LogP contribution in [0.25, 0.3) is 0 Å². The lowest BCUT2D eigenvalue weighted by molar-refractivity contribution is 0.321. The Balaban J connectivity index is 1.97. The molecule has 2 rings (SSSR count). The molecule has 0 saturated heterocycles. The fourth-order valence-corrected chi connectivity index (χ4v) is 3.26. The van der Waals surface area contributed by atoms with E-state index in [4.69, 9.17) is 15.5 Å². The summed E-state index contributed by atoms with van der Waals surface area (Å²) in [5, 5.41) is 1.10.